The molecule has 0 unspecified atom stereocenters. The lowest BCUT2D eigenvalue weighted by Crippen LogP contribution is -1.86. The summed E-state index contributed by atoms with van der Waals surface area (Å²) in [5, 5.41) is 2.00. The lowest BCUT2D eigenvalue weighted by Gasteiger charge is -2.00. The molecule has 74 valence electrons. The smallest absolute Gasteiger partial charge is 0.0694 e. The Morgan fingerprint density at radius 1 is 1.29 bits per heavy atom. The van der Waals surface area contributed by atoms with Crippen molar-refractivity contribution in [1.82, 2.24) is 4.98 Å². The monoisotopic (exact) mass is 207 g/mol. The van der Waals surface area contributed by atoms with Gasteiger partial charge in [0.1, 0.15) is 0 Å². The van der Waals surface area contributed by atoms with Crippen molar-refractivity contribution in [2.75, 3.05) is 0 Å². The van der Waals surface area contributed by atoms with Gasteiger partial charge in [-0.1, -0.05) is 37.6 Å². The normalized spacial score (nSPS) is 11.5. The van der Waals surface area contributed by atoms with Gasteiger partial charge in [0.2, 0.25) is 0 Å². The molecule has 0 spiro atoms. The Bertz CT molecular complexity index is 468. The van der Waals surface area contributed by atoms with E-state index in [9.17, 15) is 0 Å². The molecule has 0 atom stereocenters. The first-order valence-electron chi connectivity index (χ1n) is 4.87. The lowest BCUT2D eigenvalue weighted by atomic mass is 10.1. The molecule has 1 nitrogen and oxygen atoms in total. The highest BCUT2D eigenvalue weighted by Gasteiger charge is 2.11. The van der Waals surface area contributed by atoms with Crippen molar-refractivity contribution in [2.24, 2.45) is 0 Å². The van der Waals surface area contributed by atoms with Crippen LogP contribution in [0.25, 0.3) is 10.9 Å². The number of aryl methyl sites for hydroxylation is 1. The molecule has 0 fully saturated rings. The van der Waals surface area contributed by atoms with Gasteiger partial charge in [0, 0.05) is 16.6 Å². The first-order chi connectivity index (χ1) is 6.59. The maximum absolute atomic E-state index is 6.27. The average Bonchev–Trinajstić information content (AvgIpc) is 2.43. The second kappa shape index (κ2) is 3.32. The van der Waals surface area contributed by atoms with Crippen LogP contribution in [0.1, 0.15) is 31.0 Å². The first-order valence-corrected chi connectivity index (χ1v) is 5.25. The van der Waals surface area contributed by atoms with E-state index in [-0.39, 0.29) is 0 Å². The topological polar surface area (TPSA) is 15.8 Å². The number of aromatic nitrogens is 1. The number of hydrogen-bond donors (Lipinski definition) is 1. The van der Waals surface area contributed by atoms with Crippen LogP contribution in [0.5, 0.6) is 0 Å². The Balaban J connectivity index is 2.73. The van der Waals surface area contributed by atoms with Crippen LogP contribution in [0.4, 0.5) is 0 Å². The van der Waals surface area contributed by atoms with Crippen LogP contribution in [0.15, 0.2) is 18.2 Å². The maximum atomic E-state index is 6.27. The van der Waals surface area contributed by atoms with Crippen LogP contribution in [0.2, 0.25) is 5.02 Å². The van der Waals surface area contributed by atoms with Crippen LogP contribution in [0, 0.1) is 6.92 Å². The Kier molecular flexibility index (Phi) is 2.28. The molecule has 1 aromatic carbocycles. The number of nitrogens with one attached hydrogen (secondary N) is 1. The highest BCUT2D eigenvalue weighted by molar-refractivity contribution is 6.36. The summed E-state index contributed by atoms with van der Waals surface area (Å²) in [6.07, 6.45) is 0. The van der Waals surface area contributed by atoms with Gasteiger partial charge >= 0.3 is 0 Å². The standard InChI is InChI=1S/C12H14ClN/c1-7(2)12-11(13)9-5-4-8(3)6-10(9)14-12/h4-7,14H,1-3H3. The van der Waals surface area contributed by atoms with E-state index in [0.717, 1.165) is 21.6 Å². The van der Waals surface area contributed by atoms with Gasteiger partial charge in [-0.15, -0.1) is 0 Å². The third-order valence-electron chi connectivity index (χ3n) is 2.49. The van der Waals surface area contributed by atoms with Gasteiger partial charge in [-0.2, -0.15) is 0 Å². The average molecular weight is 208 g/mol. The van der Waals surface area contributed by atoms with E-state index >= 15 is 0 Å². The van der Waals surface area contributed by atoms with E-state index in [2.05, 4.69) is 44.0 Å². The maximum Gasteiger partial charge on any atom is 0.0694 e. The fraction of sp³-hybridized carbons (Fsp3) is 0.333. The van der Waals surface area contributed by atoms with Gasteiger partial charge in [0.05, 0.1) is 5.02 Å². The number of aromatic amines is 1. The summed E-state index contributed by atoms with van der Waals surface area (Å²) in [6, 6.07) is 6.30. The summed E-state index contributed by atoms with van der Waals surface area (Å²) in [5.74, 6) is 0.440. The fourth-order valence-electron chi connectivity index (χ4n) is 1.70. The van der Waals surface area contributed by atoms with E-state index in [1.165, 1.54) is 5.56 Å². The summed E-state index contributed by atoms with van der Waals surface area (Å²) in [7, 11) is 0. The molecule has 0 aliphatic carbocycles. The van der Waals surface area contributed by atoms with E-state index < -0.39 is 0 Å². The van der Waals surface area contributed by atoms with Crippen molar-refractivity contribution in [2.45, 2.75) is 26.7 Å². The molecule has 2 rings (SSSR count). The van der Waals surface area contributed by atoms with Crippen molar-refractivity contribution in [3.05, 3.63) is 34.5 Å². The number of benzene rings is 1. The number of halogens is 1. The Hall–Kier alpha value is -0.950. The van der Waals surface area contributed by atoms with Crippen LogP contribution in [-0.2, 0) is 0 Å². The number of hydrogen-bond acceptors (Lipinski definition) is 0. The zero-order valence-electron chi connectivity index (χ0n) is 8.69. The molecule has 0 aliphatic heterocycles. The van der Waals surface area contributed by atoms with E-state index in [1.54, 1.807) is 0 Å². The van der Waals surface area contributed by atoms with Gasteiger partial charge < -0.3 is 4.98 Å². The van der Waals surface area contributed by atoms with Crippen molar-refractivity contribution < 1.29 is 0 Å². The third-order valence-corrected chi connectivity index (χ3v) is 2.90. The van der Waals surface area contributed by atoms with Gasteiger partial charge in [-0.25, -0.2) is 0 Å². The van der Waals surface area contributed by atoms with Crippen molar-refractivity contribution in [3.8, 4) is 0 Å². The van der Waals surface area contributed by atoms with Crippen LogP contribution in [-0.4, -0.2) is 4.98 Å². The summed E-state index contributed by atoms with van der Waals surface area (Å²) in [5.41, 5.74) is 3.52. The molecule has 1 aromatic heterocycles. The van der Waals surface area contributed by atoms with Crippen LogP contribution < -0.4 is 0 Å². The predicted molar refractivity (Wildman–Crippen MR) is 62.1 cm³/mol. The third kappa shape index (κ3) is 1.42. The SMILES string of the molecule is Cc1ccc2c(Cl)c(C(C)C)[nH]c2c1. The molecule has 0 aliphatic rings. The van der Waals surface area contributed by atoms with Gasteiger partial charge in [-0.05, 0) is 24.5 Å². The van der Waals surface area contributed by atoms with Crippen molar-refractivity contribution in [3.63, 3.8) is 0 Å². The zero-order chi connectivity index (χ0) is 10.3. The van der Waals surface area contributed by atoms with E-state index in [4.69, 9.17) is 11.6 Å². The minimum Gasteiger partial charge on any atom is -0.357 e. The van der Waals surface area contributed by atoms with Crippen LogP contribution >= 0.6 is 11.6 Å². The molecule has 1 heterocycles. The molecule has 0 bridgehead atoms. The molecule has 1 N–H and O–H groups in total. The molecule has 0 saturated heterocycles. The number of rotatable bonds is 1. The Morgan fingerprint density at radius 2 is 2.00 bits per heavy atom. The first kappa shape index (κ1) is 9.60. The van der Waals surface area contributed by atoms with Crippen molar-refractivity contribution >= 4 is 22.5 Å². The van der Waals surface area contributed by atoms with Crippen LogP contribution in [0.3, 0.4) is 0 Å². The zero-order valence-corrected chi connectivity index (χ0v) is 9.44. The lowest BCUT2D eigenvalue weighted by molar-refractivity contribution is 0.837. The Labute approximate surface area is 89.1 Å². The minimum absolute atomic E-state index is 0.440. The second-order valence-electron chi connectivity index (χ2n) is 4.06. The second-order valence-corrected chi connectivity index (χ2v) is 4.43. The van der Waals surface area contributed by atoms with Gasteiger partial charge in [0.15, 0.2) is 0 Å². The molecule has 0 saturated carbocycles. The summed E-state index contributed by atoms with van der Waals surface area (Å²) >= 11 is 6.27. The summed E-state index contributed by atoms with van der Waals surface area (Å²) in [6.45, 7) is 6.37. The molecule has 2 aromatic rings. The molecular formula is C12H14ClN. The summed E-state index contributed by atoms with van der Waals surface area (Å²) in [4.78, 5) is 3.37. The molecular weight excluding hydrogens is 194 g/mol. The van der Waals surface area contributed by atoms with Gasteiger partial charge in [-0.3, -0.25) is 0 Å². The predicted octanol–water partition coefficient (Wildman–Crippen LogP) is 4.25. The highest BCUT2D eigenvalue weighted by Crippen LogP contribution is 2.32. The summed E-state index contributed by atoms with van der Waals surface area (Å²) < 4.78 is 0. The van der Waals surface area contributed by atoms with E-state index in [1.807, 2.05) is 0 Å². The van der Waals surface area contributed by atoms with E-state index in [0.29, 0.717) is 5.92 Å². The molecule has 2 heteroatoms. The largest absolute Gasteiger partial charge is 0.357 e. The highest BCUT2D eigenvalue weighted by atomic mass is 35.5. The number of H-pyrrole nitrogens is 1. The van der Waals surface area contributed by atoms with Gasteiger partial charge in [0.25, 0.3) is 0 Å². The van der Waals surface area contributed by atoms with Crippen molar-refractivity contribution in [1.29, 1.82) is 0 Å². The molecule has 0 radical (unpaired) electrons. The molecule has 0 amide bonds. The fourth-order valence-corrected chi connectivity index (χ4v) is 2.13. The minimum atomic E-state index is 0.440. The number of fused-ring (bicyclic) bond motifs is 1. The quantitative estimate of drug-likeness (QED) is 0.720. The Morgan fingerprint density at radius 3 is 2.64 bits per heavy atom. The molecule has 14 heavy (non-hydrogen) atoms.